The molecule has 0 saturated carbocycles. The summed E-state index contributed by atoms with van der Waals surface area (Å²) in [5, 5.41) is 11.9. The third-order valence-corrected chi connectivity index (χ3v) is 5.53. The fourth-order valence-electron chi connectivity index (χ4n) is 3.05. The van der Waals surface area contributed by atoms with Gasteiger partial charge >= 0.3 is 0 Å². The molecule has 6 nitrogen and oxygen atoms in total. The van der Waals surface area contributed by atoms with Crippen molar-refractivity contribution in [2.75, 3.05) is 13.1 Å². The van der Waals surface area contributed by atoms with E-state index >= 15 is 0 Å². The van der Waals surface area contributed by atoms with Gasteiger partial charge in [-0.1, -0.05) is 45.0 Å². The topological polar surface area (TPSA) is 82.5 Å². The van der Waals surface area contributed by atoms with Crippen LogP contribution in [0.15, 0.2) is 29.8 Å². The van der Waals surface area contributed by atoms with Crippen LogP contribution in [0.2, 0.25) is 0 Å². The van der Waals surface area contributed by atoms with E-state index in [2.05, 4.69) is 43.2 Å². The van der Waals surface area contributed by atoms with Crippen LogP contribution >= 0.6 is 11.3 Å². The van der Waals surface area contributed by atoms with Gasteiger partial charge in [-0.05, 0) is 29.9 Å². The summed E-state index contributed by atoms with van der Waals surface area (Å²) in [5.74, 6) is 0.170. The number of nitrogens with zero attached hydrogens (tertiary/aromatic N) is 2. The second-order valence-electron chi connectivity index (χ2n) is 8.48. The second kappa shape index (κ2) is 10.5. The fraction of sp³-hybridized carbons (Fsp3) is 0.500. The number of aromatic nitrogens is 1. The molecular weight excluding hydrogens is 386 g/mol. The molecule has 2 N–H and O–H groups in total. The smallest absolute Gasteiger partial charge is 0.223 e. The monoisotopic (exact) mass is 417 g/mol. The summed E-state index contributed by atoms with van der Waals surface area (Å²) in [6.07, 6.45) is 1.71. The molecule has 1 aliphatic heterocycles. The molecule has 0 unspecified atom stereocenters. The van der Waals surface area contributed by atoms with Crippen molar-refractivity contribution in [1.82, 2.24) is 15.2 Å². The first-order valence-electron chi connectivity index (χ1n) is 9.82. The van der Waals surface area contributed by atoms with E-state index in [0.29, 0.717) is 25.9 Å². The first-order chi connectivity index (χ1) is 13.7. The van der Waals surface area contributed by atoms with Crippen LogP contribution in [0, 0.1) is 12.3 Å². The standard InChI is InChI=1S/C12H12N2OS.C10H19NO2/c1-9-12(16-8-14-9)11-4-2-10(3-5-11)6-13-7-15;1-10(2,3)6-9(13)11-5-4-8(12)7-11/h2-5,7-8H,6H2,1H3,(H,13,15);8,12H,4-7H2,1-3H3/t;8-/m.1/s1. The average Bonchev–Trinajstić information content (AvgIpc) is 3.28. The maximum absolute atomic E-state index is 11.6. The maximum Gasteiger partial charge on any atom is 0.223 e. The molecule has 158 valence electrons. The Kier molecular flexibility index (Phi) is 8.34. The van der Waals surface area contributed by atoms with E-state index in [-0.39, 0.29) is 17.4 Å². The Bertz CT molecular complexity index is 796. The van der Waals surface area contributed by atoms with Crippen LogP contribution in [-0.4, -0.2) is 46.5 Å². The lowest BCUT2D eigenvalue weighted by Gasteiger charge is -2.22. The molecule has 1 atom stereocenters. The minimum atomic E-state index is -0.302. The van der Waals surface area contributed by atoms with Crippen LogP contribution in [0.5, 0.6) is 0 Å². The van der Waals surface area contributed by atoms with E-state index in [9.17, 15) is 14.7 Å². The fourth-order valence-corrected chi connectivity index (χ4v) is 3.86. The van der Waals surface area contributed by atoms with Gasteiger partial charge in [-0.2, -0.15) is 0 Å². The lowest BCUT2D eigenvalue weighted by Crippen LogP contribution is -2.32. The van der Waals surface area contributed by atoms with Crippen molar-refractivity contribution in [3.63, 3.8) is 0 Å². The molecule has 29 heavy (non-hydrogen) atoms. The third-order valence-electron chi connectivity index (χ3n) is 4.55. The van der Waals surface area contributed by atoms with Gasteiger partial charge in [-0.25, -0.2) is 4.98 Å². The van der Waals surface area contributed by atoms with Gasteiger partial charge in [0.15, 0.2) is 0 Å². The van der Waals surface area contributed by atoms with E-state index in [0.717, 1.165) is 24.2 Å². The number of carbonyl (C=O) groups excluding carboxylic acids is 2. The normalized spacial score (nSPS) is 16.2. The molecule has 1 aromatic heterocycles. The predicted molar refractivity (Wildman–Crippen MR) is 116 cm³/mol. The number of β-amino-alcohol motifs (C(OH)–C–C–N with tert-alkyl or cyclic N) is 1. The van der Waals surface area contributed by atoms with Crippen molar-refractivity contribution >= 4 is 23.7 Å². The van der Waals surface area contributed by atoms with Crippen LogP contribution in [0.25, 0.3) is 10.4 Å². The predicted octanol–water partition coefficient (Wildman–Crippen LogP) is 3.38. The second-order valence-corrected chi connectivity index (χ2v) is 9.34. The molecule has 2 aromatic rings. The zero-order valence-corrected chi connectivity index (χ0v) is 18.5. The quantitative estimate of drug-likeness (QED) is 0.731. The summed E-state index contributed by atoms with van der Waals surface area (Å²) in [4.78, 5) is 29.0. The number of nitrogens with one attached hydrogen (secondary N) is 1. The molecular formula is C22H31N3O3S. The molecule has 3 rings (SSSR count). The van der Waals surface area contributed by atoms with Crippen molar-refractivity contribution in [3.05, 3.63) is 41.0 Å². The largest absolute Gasteiger partial charge is 0.391 e. The Morgan fingerprint density at radius 3 is 2.52 bits per heavy atom. The number of carbonyl (C=O) groups is 2. The van der Waals surface area contributed by atoms with Gasteiger partial charge < -0.3 is 15.3 Å². The van der Waals surface area contributed by atoms with Gasteiger partial charge in [0, 0.05) is 26.1 Å². The SMILES string of the molecule is CC(C)(C)CC(=O)N1CC[C@@H](O)C1.Cc1ncsc1-c1ccc(CNC=O)cc1. The molecule has 1 saturated heterocycles. The molecule has 1 aromatic carbocycles. The van der Waals surface area contributed by atoms with Gasteiger partial charge in [-0.15, -0.1) is 11.3 Å². The summed E-state index contributed by atoms with van der Waals surface area (Å²) in [6, 6.07) is 8.15. The summed E-state index contributed by atoms with van der Waals surface area (Å²) in [7, 11) is 0. The van der Waals surface area contributed by atoms with Crippen LogP contribution in [-0.2, 0) is 16.1 Å². The molecule has 0 radical (unpaired) electrons. The molecule has 0 bridgehead atoms. The van der Waals surface area contributed by atoms with E-state index < -0.39 is 0 Å². The molecule has 7 heteroatoms. The van der Waals surface area contributed by atoms with Gasteiger partial charge in [0.2, 0.25) is 12.3 Å². The van der Waals surface area contributed by atoms with Crippen LogP contribution in [0.1, 0.15) is 44.9 Å². The van der Waals surface area contributed by atoms with Gasteiger partial charge in [0.05, 0.1) is 22.2 Å². The summed E-state index contributed by atoms with van der Waals surface area (Å²) in [6.45, 7) is 9.98. The number of likely N-dealkylation sites (tertiary alicyclic amines) is 1. The molecule has 2 heterocycles. The molecule has 1 aliphatic rings. The first kappa shape index (κ1) is 23.0. The molecule has 2 amide bonds. The number of benzene rings is 1. The highest BCUT2D eigenvalue weighted by Crippen LogP contribution is 2.27. The van der Waals surface area contributed by atoms with Gasteiger partial charge in [0.25, 0.3) is 0 Å². The third kappa shape index (κ3) is 7.59. The number of thiazole rings is 1. The minimum absolute atomic E-state index is 0.0463. The number of aliphatic hydroxyl groups excluding tert-OH is 1. The Labute approximate surface area is 177 Å². The van der Waals surface area contributed by atoms with E-state index in [1.54, 1.807) is 16.2 Å². The Morgan fingerprint density at radius 1 is 1.34 bits per heavy atom. The number of hydrogen-bond acceptors (Lipinski definition) is 5. The average molecular weight is 418 g/mol. The highest BCUT2D eigenvalue weighted by molar-refractivity contribution is 7.13. The highest BCUT2D eigenvalue weighted by Gasteiger charge is 2.27. The van der Waals surface area contributed by atoms with Crippen molar-refractivity contribution in [2.24, 2.45) is 5.41 Å². The number of hydrogen-bond donors (Lipinski definition) is 2. The number of aliphatic hydroxyl groups is 1. The van der Waals surface area contributed by atoms with Crippen molar-refractivity contribution in [2.45, 2.75) is 53.2 Å². The lowest BCUT2D eigenvalue weighted by atomic mass is 9.92. The van der Waals surface area contributed by atoms with Gasteiger partial charge in [0.1, 0.15) is 0 Å². The summed E-state index contributed by atoms with van der Waals surface area (Å²) in [5.41, 5.74) is 5.23. The number of rotatable bonds is 5. The lowest BCUT2D eigenvalue weighted by molar-refractivity contribution is -0.132. The maximum atomic E-state index is 11.6. The Balaban J connectivity index is 0.000000212. The van der Waals surface area contributed by atoms with E-state index in [1.165, 1.54) is 10.4 Å². The Morgan fingerprint density at radius 2 is 2.03 bits per heavy atom. The van der Waals surface area contributed by atoms with Crippen molar-refractivity contribution < 1.29 is 14.7 Å². The zero-order valence-electron chi connectivity index (χ0n) is 17.6. The van der Waals surface area contributed by atoms with Crippen LogP contribution < -0.4 is 5.32 Å². The Hall–Kier alpha value is -2.25. The number of amides is 2. The summed E-state index contributed by atoms with van der Waals surface area (Å²) < 4.78 is 0. The minimum Gasteiger partial charge on any atom is -0.391 e. The molecule has 0 spiro atoms. The zero-order chi connectivity index (χ0) is 21.4. The molecule has 1 fully saturated rings. The first-order valence-corrected chi connectivity index (χ1v) is 10.7. The highest BCUT2D eigenvalue weighted by atomic mass is 32.1. The summed E-state index contributed by atoms with van der Waals surface area (Å²) >= 11 is 1.64. The van der Waals surface area contributed by atoms with E-state index in [1.807, 2.05) is 24.6 Å². The van der Waals surface area contributed by atoms with Gasteiger partial charge in [-0.3, -0.25) is 9.59 Å². The molecule has 0 aliphatic carbocycles. The van der Waals surface area contributed by atoms with Crippen LogP contribution in [0.4, 0.5) is 0 Å². The van der Waals surface area contributed by atoms with Crippen molar-refractivity contribution in [1.29, 1.82) is 0 Å². The van der Waals surface area contributed by atoms with Crippen molar-refractivity contribution in [3.8, 4) is 10.4 Å². The number of aryl methyl sites for hydroxylation is 1. The van der Waals surface area contributed by atoms with Crippen LogP contribution in [0.3, 0.4) is 0 Å². The van der Waals surface area contributed by atoms with E-state index in [4.69, 9.17) is 0 Å².